The van der Waals surface area contributed by atoms with Crippen molar-refractivity contribution < 1.29 is 0 Å². The third kappa shape index (κ3) is 2.23. The van der Waals surface area contributed by atoms with Gasteiger partial charge in [-0.05, 0) is 50.4 Å². The quantitative estimate of drug-likeness (QED) is 0.476. The molecule has 2 aliphatic rings. The summed E-state index contributed by atoms with van der Waals surface area (Å²) in [5.41, 5.74) is 0. The van der Waals surface area contributed by atoms with E-state index in [9.17, 15) is 0 Å². The number of hydrogen-bond acceptors (Lipinski definition) is 0. The van der Waals surface area contributed by atoms with Gasteiger partial charge in [-0.15, -0.1) is 0 Å². The molecule has 1 fully saturated rings. The Bertz CT molecular complexity index is 188. The van der Waals surface area contributed by atoms with Crippen LogP contribution < -0.4 is 0 Å². The van der Waals surface area contributed by atoms with Crippen molar-refractivity contribution in [2.75, 3.05) is 0 Å². The summed E-state index contributed by atoms with van der Waals surface area (Å²) in [6.45, 7) is 0. The normalized spacial score (nSPS) is 40.7. The molecule has 0 heteroatoms. The van der Waals surface area contributed by atoms with E-state index in [1.54, 1.807) is 0 Å². The molecule has 0 aromatic rings. The van der Waals surface area contributed by atoms with Gasteiger partial charge in [0.05, 0.1) is 0 Å². The molecule has 0 bridgehead atoms. The standard InChI is InChI=1S/C12H18/c1-2-4-6-8-11-10-12(11)9-7-5-3-1/h2,4-5,7,11-12H,1,3,6,8-10H2/b4-2-,7-5-. The fraction of sp³-hybridized carbons (Fsp3) is 0.667. The van der Waals surface area contributed by atoms with Gasteiger partial charge in [0.1, 0.15) is 0 Å². The molecule has 2 rings (SSSR count). The molecule has 0 radical (unpaired) electrons. The van der Waals surface area contributed by atoms with Gasteiger partial charge in [-0.2, -0.15) is 0 Å². The minimum atomic E-state index is 1.05. The summed E-state index contributed by atoms with van der Waals surface area (Å²) in [7, 11) is 0. The van der Waals surface area contributed by atoms with Gasteiger partial charge in [-0.3, -0.25) is 0 Å². The Labute approximate surface area is 75.4 Å². The molecular weight excluding hydrogens is 144 g/mol. The Morgan fingerprint density at radius 1 is 0.750 bits per heavy atom. The van der Waals surface area contributed by atoms with Gasteiger partial charge >= 0.3 is 0 Å². The Hall–Kier alpha value is -0.520. The Morgan fingerprint density at radius 3 is 2.42 bits per heavy atom. The highest BCUT2D eigenvalue weighted by Crippen LogP contribution is 2.44. The maximum atomic E-state index is 2.39. The van der Waals surface area contributed by atoms with Crippen LogP contribution in [0.2, 0.25) is 0 Å². The van der Waals surface area contributed by atoms with Crippen LogP contribution >= 0.6 is 0 Å². The van der Waals surface area contributed by atoms with Crippen molar-refractivity contribution in [2.45, 2.75) is 38.5 Å². The van der Waals surface area contributed by atoms with Gasteiger partial charge in [-0.1, -0.05) is 24.3 Å². The van der Waals surface area contributed by atoms with E-state index in [2.05, 4.69) is 24.3 Å². The maximum Gasteiger partial charge on any atom is -0.0316 e. The molecule has 0 heterocycles. The zero-order valence-corrected chi connectivity index (χ0v) is 7.71. The number of hydrogen-bond donors (Lipinski definition) is 0. The maximum absolute atomic E-state index is 2.39. The number of allylic oxidation sites excluding steroid dienone is 4. The van der Waals surface area contributed by atoms with E-state index in [0.29, 0.717) is 0 Å². The van der Waals surface area contributed by atoms with Crippen LogP contribution in [0.3, 0.4) is 0 Å². The van der Waals surface area contributed by atoms with Crippen molar-refractivity contribution in [2.24, 2.45) is 11.8 Å². The lowest BCUT2D eigenvalue weighted by atomic mass is 10.1. The van der Waals surface area contributed by atoms with Crippen molar-refractivity contribution in [3.8, 4) is 0 Å². The van der Waals surface area contributed by atoms with Gasteiger partial charge in [0.2, 0.25) is 0 Å². The SMILES string of the molecule is C1=C\CCC2CC2C/C=C\CC/1. The molecule has 0 nitrogen and oxygen atoms in total. The minimum absolute atomic E-state index is 1.05. The first-order valence-electron chi connectivity index (χ1n) is 5.27. The number of rotatable bonds is 0. The van der Waals surface area contributed by atoms with Gasteiger partial charge in [-0.25, -0.2) is 0 Å². The van der Waals surface area contributed by atoms with Crippen molar-refractivity contribution in [3.05, 3.63) is 24.3 Å². The second kappa shape index (κ2) is 3.93. The van der Waals surface area contributed by atoms with E-state index in [-0.39, 0.29) is 0 Å². The van der Waals surface area contributed by atoms with Crippen LogP contribution in [0.5, 0.6) is 0 Å². The van der Waals surface area contributed by atoms with Gasteiger partial charge < -0.3 is 0 Å². The monoisotopic (exact) mass is 162 g/mol. The molecule has 12 heavy (non-hydrogen) atoms. The van der Waals surface area contributed by atoms with Crippen LogP contribution in [0, 0.1) is 11.8 Å². The molecule has 66 valence electrons. The highest BCUT2D eigenvalue weighted by atomic mass is 14.4. The molecular formula is C12H18. The molecule has 2 unspecified atom stereocenters. The predicted octanol–water partition coefficient (Wildman–Crippen LogP) is 3.70. The van der Waals surface area contributed by atoms with E-state index in [1.165, 1.54) is 38.5 Å². The Balaban J connectivity index is 1.85. The first kappa shape index (κ1) is 8.10. The molecule has 0 aromatic heterocycles. The molecule has 0 spiro atoms. The first-order valence-corrected chi connectivity index (χ1v) is 5.27. The van der Waals surface area contributed by atoms with Gasteiger partial charge in [0.15, 0.2) is 0 Å². The van der Waals surface area contributed by atoms with Crippen molar-refractivity contribution >= 4 is 0 Å². The second-order valence-corrected chi connectivity index (χ2v) is 4.09. The van der Waals surface area contributed by atoms with E-state index in [0.717, 1.165) is 11.8 Å². The van der Waals surface area contributed by atoms with Gasteiger partial charge in [0, 0.05) is 0 Å². The van der Waals surface area contributed by atoms with Crippen LogP contribution in [-0.2, 0) is 0 Å². The summed E-state index contributed by atoms with van der Waals surface area (Å²) in [4.78, 5) is 0. The summed E-state index contributed by atoms with van der Waals surface area (Å²) < 4.78 is 0. The summed E-state index contributed by atoms with van der Waals surface area (Å²) in [6, 6.07) is 0. The van der Waals surface area contributed by atoms with E-state index >= 15 is 0 Å². The highest BCUT2D eigenvalue weighted by molar-refractivity contribution is 4.97. The van der Waals surface area contributed by atoms with Crippen LogP contribution in [0.25, 0.3) is 0 Å². The van der Waals surface area contributed by atoms with Crippen molar-refractivity contribution in [1.29, 1.82) is 0 Å². The molecule has 2 aliphatic carbocycles. The first-order chi connectivity index (χ1) is 5.97. The summed E-state index contributed by atoms with van der Waals surface area (Å²) >= 11 is 0. The van der Waals surface area contributed by atoms with Crippen LogP contribution in [0.15, 0.2) is 24.3 Å². The lowest BCUT2D eigenvalue weighted by Gasteiger charge is -1.92. The van der Waals surface area contributed by atoms with Gasteiger partial charge in [0.25, 0.3) is 0 Å². The lowest BCUT2D eigenvalue weighted by molar-refractivity contribution is 0.657. The average Bonchev–Trinajstić information content (AvgIpc) is 2.78. The molecule has 0 aromatic carbocycles. The topological polar surface area (TPSA) is 0 Å². The summed E-state index contributed by atoms with van der Waals surface area (Å²) in [5.74, 6) is 2.12. The Kier molecular flexibility index (Phi) is 2.65. The number of fused-ring (bicyclic) bond motifs is 1. The highest BCUT2D eigenvalue weighted by Gasteiger charge is 2.34. The minimum Gasteiger partial charge on any atom is -0.0885 e. The Morgan fingerprint density at radius 2 is 1.50 bits per heavy atom. The van der Waals surface area contributed by atoms with Crippen LogP contribution in [0.1, 0.15) is 38.5 Å². The van der Waals surface area contributed by atoms with E-state index < -0.39 is 0 Å². The summed E-state index contributed by atoms with van der Waals surface area (Å²) in [5, 5.41) is 0. The van der Waals surface area contributed by atoms with Crippen LogP contribution in [0.4, 0.5) is 0 Å². The second-order valence-electron chi connectivity index (χ2n) is 4.09. The average molecular weight is 162 g/mol. The fourth-order valence-corrected chi connectivity index (χ4v) is 2.08. The molecule has 2 atom stereocenters. The van der Waals surface area contributed by atoms with Crippen molar-refractivity contribution in [1.82, 2.24) is 0 Å². The zero-order chi connectivity index (χ0) is 8.23. The van der Waals surface area contributed by atoms with Crippen LogP contribution in [-0.4, -0.2) is 0 Å². The molecule has 0 saturated heterocycles. The predicted molar refractivity (Wildman–Crippen MR) is 53.0 cm³/mol. The fourth-order valence-electron chi connectivity index (χ4n) is 2.08. The van der Waals surface area contributed by atoms with Crippen molar-refractivity contribution in [3.63, 3.8) is 0 Å². The molecule has 0 amide bonds. The molecule has 0 aliphatic heterocycles. The largest absolute Gasteiger partial charge is 0.0885 e. The van der Waals surface area contributed by atoms with E-state index in [1.807, 2.05) is 0 Å². The smallest absolute Gasteiger partial charge is 0.0316 e. The third-order valence-corrected chi connectivity index (χ3v) is 3.05. The lowest BCUT2D eigenvalue weighted by Crippen LogP contribution is -1.80. The van der Waals surface area contributed by atoms with E-state index in [4.69, 9.17) is 0 Å². The molecule has 1 saturated carbocycles. The zero-order valence-electron chi connectivity index (χ0n) is 7.71. The molecule has 0 N–H and O–H groups in total. The summed E-state index contributed by atoms with van der Waals surface area (Å²) in [6.07, 6.45) is 17.6. The third-order valence-electron chi connectivity index (χ3n) is 3.05.